The third kappa shape index (κ3) is 7.57. The summed E-state index contributed by atoms with van der Waals surface area (Å²) in [6.45, 7) is 3.98. The SMILES string of the molecule is Cc1cccc(C)c1N(CC(=O)NCCCSCc1ccc(Cl)cc1)S(C)(=O)=O. The van der Waals surface area contributed by atoms with Gasteiger partial charge >= 0.3 is 0 Å². The number of nitrogens with one attached hydrogen (secondary N) is 1. The van der Waals surface area contributed by atoms with Crippen molar-refractivity contribution in [1.29, 1.82) is 0 Å². The first-order valence-corrected chi connectivity index (χ1v) is 12.7. The summed E-state index contributed by atoms with van der Waals surface area (Å²) in [5, 5.41) is 3.55. The van der Waals surface area contributed by atoms with Gasteiger partial charge in [0.25, 0.3) is 0 Å². The molecule has 0 saturated carbocycles. The molecule has 2 aromatic carbocycles. The van der Waals surface area contributed by atoms with Crippen LogP contribution in [0.2, 0.25) is 5.02 Å². The van der Waals surface area contributed by atoms with Gasteiger partial charge in [0.1, 0.15) is 6.54 Å². The number of aryl methyl sites for hydroxylation is 2. The molecule has 29 heavy (non-hydrogen) atoms. The lowest BCUT2D eigenvalue weighted by molar-refractivity contribution is -0.119. The van der Waals surface area contributed by atoms with Crippen LogP contribution in [-0.2, 0) is 20.6 Å². The summed E-state index contributed by atoms with van der Waals surface area (Å²) in [7, 11) is -3.57. The molecule has 0 fully saturated rings. The zero-order valence-corrected chi connectivity index (χ0v) is 19.3. The van der Waals surface area contributed by atoms with Crippen molar-refractivity contribution in [2.24, 2.45) is 0 Å². The minimum absolute atomic E-state index is 0.220. The molecule has 0 bridgehead atoms. The number of carbonyl (C=O) groups excluding carboxylic acids is 1. The summed E-state index contributed by atoms with van der Waals surface area (Å²) in [5.41, 5.74) is 3.42. The highest BCUT2D eigenvalue weighted by atomic mass is 35.5. The molecule has 0 saturated heterocycles. The second-order valence-corrected chi connectivity index (χ2v) is 10.3. The number of benzene rings is 2. The summed E-state index contributed by atoms with van der Waals surface area (Å²) in [5.74, 6) is 1.48. The van der Waals surface area contributed by atoms with E-state index in [0.29, 0.717) is 12.2 Å². The Bertz CT molecular complexity index is 911. The van der Waals surface area contributed by atoms with E-state index in [1.165, 1.54) is 9.87 Å². The van der Waals surface area contributed by atoms with E-state index in [2.05, 4.69) is 5.32 Å². The van der Waals surface area contributed by atoms with Crippen molar-refractivity contribution in [3.8, 4) is 0 Å². The van der Waals surface area contributed by atoms with E-state index in [4.69, 9.17) is 11.6 Å². The summed E-state index contributed by atoms with van der Waals surface area (Å²) < 4.78 is 25.7. The fourth-order valence-corrected chi connectivity index (χ4v) is 4.94. The molecule has 0 spiro atoms. The molecule has 0 aliphatic heterocycles. The first-order valence-electron chi connectivity index (χ1n) is 9.31. The molecule has 1 N–H and O–H groups in total. The Morgan fingerprint density at radius 2 is 1.72 bits per heavy atom. The van der Waals surface area contributed by atoms with Gasteiger partial charge in [0.2, 0.25) is 15.9 Å². The van der Waals surface area contributed by atoms with E-state index in [0.717, 1.165) is 40.3 Å². The third-order valence-electron chi connectivity index (χ3n) is 4.35. The highest BCUT2D eigenvalue weighted by molar-refractivity contribution is 7.98. The lowest BCUT2D eigenvalue weighted by atomic mass is 10.1. The number of nitrogens with zero attached hydrogens (tertiary/aromatic N) is 1. The largest absolute Gasteiger partial charge is 0.354 e. The second kappa shape index (κ2) is 10.9. The maximum Gasteiger partial charge on any atom is 0.240 e. The molecule has 0 aliphatic rings. The van der Waals surface area contributed by atoms with E-state index < -0.39 is 10.0 Å². The van der Waals surface area contributed by atoms with Crippen molar-refractivity contribution < 1.29 is 13.2 Å². The van der Waals surface area contributed by atoms with Crippen LogP contribution >= 0.6 is 23.4 Å². The highest BCUT2D eigenvalue weighted by Gasteiger charge is 2.23. The van der Waals surface area contributed by atoms with Gasteiger partial charge in [-0.15, -0.1) is 0 Å². The highest BCUT2D eigenvalue weighted by Crippen LogP contribution is 2.26. The van der Waals surface area contributed by atoms with Crippen LogP contribution < -0.4 is 9.62 Å². The number of hydrogen-bond acceptors (Lipinski definition) is 4. The molecule has 0 aliphatic carbocycles. The topological polar surface area (TPSA) is 66.5 Å². The van der Waals surface area contributed by atoms with E-state index >= 15 is 0 Å². The third-order valence-corrected chi connectivity index (χ3v) is 6.83. The first kappa shape index (κ1) is 23.6. The normalized spacial score (nSPS) is 11.3. The van der Waals surface area contributed by atoms with Crippen LogP contribution in [-0.4, -0.2) is 39.4 Å². The van der Waals surface area contributed by atoms with Crippen LogP contribution in [0, 0.1) is 13.8 Å². The monoisotopic (exact) mass is 454 g/mol. The number of anilines is 1. The zero-order chi connectivity index (χ0) is 21.4. The van der Waals surface area contributed by atoms with Gasteiger partial charge in [-0.25, -0.2) is 8.42 Å². The predicted octanol–water partition coefficient (Wildman–Crippen LogP) is 4.16. The quantitative estimate of drug-likeness (QED) is 0.547. The smallest absolute Gasteiger partial charge is 0.240 e. The minimum atomic E-state index is -3.57. The number of sulfonamides is 1. The fourth-order valence-electron chi connectivity index (χ4n) is 2.92. The molecule has 0 unspecified atom stereocenters. The van der Waals surface area contributed by atoms with Crippen molar-refractivity contribution in [2.45, 2.75) is 26.0 Å². The summed E-state index contributed by atoms with van der Waals surface area (Å²) in [6, 6.07) is 13.3. The molecule has 0 aromatic heterocycles. The van der Waals surface area contributed by atoms with Crippen LogP contribution in [0.1, 0.15) is 23.1 Å². The number of rotatable bonds is 10. The fraction of sp³-hybridized carbons (Fsp3) is 0.381. The molecule has 1 amide bonds. The lowest BCUT2D eigenvalue weighted by Crippen LogP contribution is -2.41. The van der Waals surface area contributed by atoms with Crippen molar-refractivity contribution in [1.82, 2.24) is 5.32 Å². The molecule has 0 heterocycles. The Balaban J connectivity index is 1.81. The maximum atomic E-state index is 12.3. The molecule has 0 radical (unpaired) electrons. The minimum Gasteiger partial charge on any atom is -0.354 e. The van der Waals surface area contributed by atoms with Crippen molar-refractivity contribution in [3.63, 3.8) is 0 Å². The maximum absolute atomic E-state index is 12.3. The average molecular weight is 455 g/mol. The number of halogens is 1. The molecule has 0 atom stereocenters. The molecule has 2 rings (SSSR count). The van der Waals surface area contributed by atoms with Crippen LogP contribution in [0.25, 0.3) is 0 Å². The number of amides is 1. The molecule has 5 nitrogen and oxygen atoms in total. The Kier molecular flexibility index (Phi) is 8.86. The lowest BCUT2D eigenvalue weighted by Gasteiger charge is -2.25. The van der Waals surface area contributed by atoms with Gasteiger partial charge < -0.3 is 5.32 Å². The van der Waals surface area contributed by atoms with Crippen LogP contribution in [0.4, 0.5) is 5.69 Å². The Morgan fingerprint density at radius 3 is 2.31 bits per heavy atom. The van der Waals surface area contributed by atoms with E-state index in [1.54, 1.807) is 11.8 Å². The number of thioether (sulfide) groups is 1. The van der Waals surface area contributed by atoms with Gasteiger partial charge in [0.05, 0.1) is 11.9 Å². The molecular formula is C21H27ClN2O3S2. The van der Waals surface area contributed by atoms with Crippen LogP contribution in [0.3, 0.4) is 0 Å². The van der Waals surface area contributed by atoms with Gasteiger partial charge in [0, 0.05) is 17.3 Å². The Labute approximate surface area is 182 Å². The molecule has 158 valence electrons. The van der Waals surface area contributed by atoms with E-state index in [1.807, 2.05) is 56.3 Å². The average Bonchev–Trinajstić information content (AvgIpc) is 2.64. The van der Waals surface area contributed by atoms with Gasteiger partial charge in [-0.2, -0.15) is 11.8 Å². The summed E-state index contributed by atoms with van der Waals surface area (Å²) >= 11 is 7.66. The van der Waals surface area contributed by atoms with Gasteiger partial charge in [-0.1, -0.05) is 41.9 Å². The molecule has 2 aromatic rings. The van der Waals surface area contributed by atoms with Crippen LogP contribution in [0.15, 0.2) is 42.5 Å². The number of carbonyl (C=O) groups is 1. The van der Waals surface area contributed by atoms with E-state index in [-0.39, 0.29) is 12.5 Å². The molecular weight excluding hydrogens is 428 g/mol. The Hall–Kier alpha value is -1.70. The standard InChI is InChI=1S/C21H27ClN2O3S2/c1-16-6-4-7-17(2)21(16)24(29(3,26)27)14-20(25)23-12-5-13-28-15-18-8-10-19(22)11-9-18/h4,6-11H,5,12-15H2,1-3H3,(H,23,25). The summed E-state index contributed by atoms with van der Waals surface area (Å²) in [4.78, 5) is 12.3. The van der Waals surface area contributed by atoms with Crippen LogP contribution in [0.5, 0.6) is 0 Å². The zero-order valence-electron chi connectivity index (χ0n) is 16.9. The van der Waals surface area contributed by atoms with Crippen molar-refractivity contribution >= 4 is 45.0 Å². The first-order chi connectivity index (χ1) is 13.7. The number of hydrogen-bond donors (Lipinski definition) is 1. The van der Waals surface area contributed by atoms with Gasteiger partial charge in [-0.3, -0.25) is 9.10 Å². The number of para-hydroxylation sites is 1. The van der Waals surface area contributed by atoms with Gasteiger partial charge in [0.15, 0.2) is 0 Å². The molecule has 8 heteroatoms. The van der Waals surface area contributed by atoms with Crippen molar-refractivity contribution in [3.05, 3.63) is 64.2 Å². The second-order valence-electron chi connectivity index (χ2n) is 6.89. The summed E-state index contributed by atoms with van der Waals surface area (Å²) in [6.07, 6.45) is 1.94. The Morgan fingerprint density at radius 1 is 1.10 bits per heavy atom. The van der Waals surface area contributed by atoms with Crippen molar-refractivity contribution in [2.75, 3.05) is 29.4 Å². The predicted molar refractivity (Wildman–Crippen MR) is 123 cm³/mol. The van der Waals surface area contributed by atoms with Gasteiger partial charge in [-0.05, 0) is 54.8 Å². The van der Waals surface area contributed by atoms with E-state index in [9.17, 15) is 13.2 Å².